The summed E-state index contributed by atoms with van der Waals surface area (Å²) >= 11 is 12.2. The van der Waals surface area contributed by atoms with Gasteiger partial charge in [0, 0.05) is 17.2 Å². The number of hydrogen-bond donors (Lipinski definition) is 2. The van der Waals surface area contributed by atoms with E-state index < -0.39 is 0 Å². The summed E-state index contributed by atoms with van der Waals surface area (Å²) in [7, 11) is 0. The van der Waals surface area contributed by atoms with Gasteiger partial charge in [-0.05, 0) is 68.4 Å². The van der Waals surface area contributed by atoms with E-state index in [1.54, 1.807) is 30.2 Å². The van der Waals surface area contributed by atoms with Crippen LogP contribution in [0.15, 0.2) is 42.5 Å². The van der Waals surface area contributed by atoms with Crippen molar-refractivity contribution in [3.05, 3.63) is 75.0 Å². The van der Waals surface area contributed by atoms with E-state index in [4.69, 9.17) is 34.0 Å². The van der Waals surface area contributed by atoms with Gasteiger partial charge in [-0.3, -0.25) is 0 Å². The molecule has 0 saturated heterocycles. The van der Waals surface area contributed by atoms with Crippen molar-refractivity contribution in [2.75, 3.05) is 12.3 Å². The average molecular weight is 491 g/mol. The zero-order valence-electron chi connectivity index (χ0n) is 20.5. The van der Waals surface area contributed by atoms with Crippen LogP contribution >= 0.6 is 23.2 Å². The van der Waals surface area contributed by atoms with Gasteiger partial charge < -0.3 is 10.8 Å². The summed E-state index contributed by atoms with van der Waals surface area (Å²) in [6.07, 6.45) is 5.45. The molecule has 0 radical (unpaired) electrons. The first-order valence-electron chi connectivity index (χ1n) is 11.7. The Morgan fingerprint density at radius 2 is 1.42 bits per heavy atom. The number of fused-ring (bicyclic) bond motifs is 1. The van der Waals surface area contributed by atoms with Crippen LogP contribution in [0.25, 0.3) is 11.3 Å². The predicted molar refractivity (Wildman–Crippen MR) is 143 cm³/mol. The van der Waals surface area contributed by atoms with Crippen LogP contribution in [-0.2, 0) is 25.7 Å². The molecule has 0 saturated carbocycles. The van der Waals surface area contributed by atoms with Gasteiger partial charge in [0.1, 0.15) is 5.82 Å². The Labute approximate surface area is 209 Å². The first kappa shape index (κ1) is 28.9. The molecule has 0 unspecified atom stereocenters. The van der Waals surface area contributed by atoms with E-state index >= 15 is 0 Å². The molecule has 1 heterocycles. The predicted octanol–water partition coefficient (Wildman–Crippen LogP) is 7.36. The van der Waals surface area contributed by atoms with Gasteiger partial charge >= 0.3 is 0 Å². The quantitative estimate of drug-likeness (QED) is 0.402. The Hall–Kier alpha value is -2.14. The first-order chi connectivity index (χ1) is 15.9. The third-order valence-electron chi connectivity index (χ3n) is 4.94. The maximum absolute atomic E-state index is 7.57. The molecule has 0 spiro atoms. The van der Waals surface area contributed by atoms with Crippen molar-refractivity contribution < 1.29 is 5.11 Å². The molecule has 0 bridgehead atoms. The third kappa shape index (κ3) is 8.62. The lowest BCUT2D eigenvalue weighted by atomic mass is 10.1. The number of rotatable bonds is 3. The van der Waals surface area contributed by atoms with Gasteiger partial charge in [0.05, 0.1) is 22.1 Å². The summed E-state index contributed by atoms with van der Waals surface area (Å²) in [6.45, 7) is 9.95. The first-order valence-corrected chi connectivity index (χ1v) is 12.5. The highest BCUT2D eigenvalue weighted by atomic mass is 35.5. The summed E-state index contributed by atoms with van der Waals surface area (Å²) in [5, 5.41) is 8.74. The van der Waals surface area contributed by atoms with Crippen LogP contribution in [0, 0.1) is 0 Å². The van der Waals surface area contributed by atoms with Crippen molar-refractivity contribution in [2.45, 2.75) is 66.7 Å². The van der Waals surface area contributed by atoms with Crippen LogP contribution in [0.5, 0.6) is 0 Å². The molecule has 6 heteroatoms. The molecular formula is C27H37Cl2N3O. The molecule has 1 aliphatic rings. The molecule has 0 fully saturated rings. The summed E-state index contributed by atoms with van der Waals surface area (Å²) in [6, 6.07) is 14.1. The number of aliphatic hydroxyl groups excluding tert-OH is 1. The molecule has 0 amide bonds. The normalized spacial score (nSPS) is 11.2. The largest absolute Gasteiger partial charge is 0.397 e. The number of halogens is 2. The van der Waals surface area contributed by atoms with Gasteiger partial charge in [-0.25, -0.2) is 9.97 Å². The number of hydrogen-bond acceptors (Lipinski definition) is 4. The van der Waals surface area contributed by atoms with E-state index in [1.165, 1.54) is 19.3 Å². The topological polar surface area (TPSA) is 72.0 Å². The van der Waals surface area contributed by atoms with Crippen LogP contribution in [0.4, 0.5) is 5.82 Å². The summed E-state index contributed by atoms with van der Waals surface area (Å²) < 4.78 is 0. The molecular weight excluding hydrogens is 453 g/mol. The van der Waals surface area contributed by atoms with Crippen LogP contribution in [-0.4, -0.2) is 21.7 Å². The van der Waals surface area contributed by atoms with E-state index in [0.29, 0.717) is 15.9 Å². The van der Waals surface area contributed by atoms with Crippen molar-refractivity contribution in [3.63, 3.8) is 0 Å². The van der Waals surface area contributed by atoms with Crippen molar-refractivity contribution in [2.24, 2.45) is 0 Å². The molecule has 3 aromatic rings. The maximum Gasteiger partial charge on any atom is 0.145 e. The number of aryl methyl sites for hydroxylation is 4. The minimum Gasteiger partial charge on any atom is -0.397 e. The van der Waals surface area contributed by atoms with Gasteiger partial charge in [-0.15, -0.1) is 0 Å². The van der Waals surface area contributed by atoms with Crippen LogP contribution in [0.2, 0.25) is 10.0 Å². The summed E-state index contributed by atoms with van der Waals surface area (Å²) in [4.78, 5) is 9.03. The highest BCUT2D eigenvalue weighted by molar-refractivity contribution is 6.36. The zero-order chi connectivity index (χ0) is 24.8. The molecule has 1 aromatic heterocycles. The number of aliphatic hydroxyl groups is 1. The summed E-state index contributed by atoms with van der Waals surface area (Å²) in [5.74, 6) is 0.494. The number of nitrogen functional groups attached to an aromatic ring is 1. The van der Waals surface area contributed by atoms with Crippen LogP contribution in [0.1, 0.15) is 63.6 Å². The molecule has 1 aliphatic carbocycles. The van der Waals surface area contributed by atoms with E-state index in [0.717, 1.165) is 35.5 Å². The number of nitrogens with two attached hydrogens (primary N) is 1. The van der Waals surface area contributed by atoms with Crippen molar-refractivity contribution in [1.29, 1.82) is 0 Å². The summed E-state index contributed by atoms with van der Waals surface area (Å²) in [5.41, 5.74) is 12.3. The molecule has 2 aromatic carbocycles. The van der Waals surface area contributed by atoms with Crippen molar-refractivity contribution in [1.82, 2.24) is 9.97 Å². The number of benzene rings is 2. The highest BCUT2D eigenvalue weighted by Crippen LogP contribution is 2.32. The second-order valence-corrected chi connectivity index (χ2v) is 7.96. The standard InChI is InChI=1S/C14H15Cl2N3.C9H10.C2H6O.C2H6/c1-3-11-13(18-12(4-2)14(17)19-11)9-6-5-8(15)7-10(9)16;1-2-5-9-7-3-6-8(9)4-1;1-2-3;1-2/h5-7H,3-4H2,1-2H3,(H2,17,19);1-2,4-5H,3,6-7H2;3H,2H2,1H3;1-2H3. The SMILES string of the molecule is CC.CCO.CCc1nc(-c2ccc(Cl)cc2Cl)c(CC)nc1N.c1ccc2c(c1)CCC2. The lowest BCUT2D eigenvalue weighted by Gasteiger charge is -2.12. The molecule has 3 N–H and O–H groups in total. The molecule has 33 heavy (non-hydrogen) atoms. The van der Waals surface area contributed by atoms with E-state index in [-0.39, 0.29) is 6.61 Å². The second kappa shape index (κ2) is 15.7. The van der Waals surface area contributed by atoms with Crippen molar-refractivity contribution in [3.8, 4) is 11.3 Å². The lowest BCUT2D eigenvalue weighted by Crippen LogP contribution is -2.06. The van der Waals surface area contributed by atoms with Crippen molar-refractivity contribution >= 4 is 29.0 Å². The molecule has 0 aliphatic heterocycles. The minimum absolute atomic E-state index is 0.250. The Morgan fingerprint density at radius 1 is 0.879 bits per heavy atom. The Morgan fingerprint density at radius 3 is 1.91 bits per heavy atom. The van der Waals surface area contributed by atoms with Gasteiger partial charge in [-0.1, -0.05) is 75.2 Å². The second-order valence-electron chi connectivity index (χ2n) is 7.12. The monoisotopic (exact) mass is 489 g/mol. The molecule has 180 valence electrons. The fourth-order valence-corrected chi connectivity index (χ4v) is 3.94. The Kier molecular flexibility index (Phi) is 13.7. The minimum atomic E-state index is 0.250. The zero-order valence-corrected chi connectivity index (χ0v) is 22.0. The van der Waals surface area contributed by atoms with E-state index in [2.05, 4.69) is 34.2 Å². The van der Waals surface area contributed by atoms with Gasteiger partial charge in [0.2, 0.25) is 0 Å². The highest BCUT2D eigenvalue weighted by Gasteiger charge is 2.14. The number of nitrogens with zero attached hydrogens (tertiary/aromatic N) is 2. The van der Waals surface area contributed by atoms with E-state index in [9.17, 15) is 0 Å². The van der Waals surface area contributed by atoms with Gasteiger partial charge in [0.15, 0.2) is 0 Å². The molecule has 0 atom stereocenters. The van der Waals surface area contributed by atoms with Gasteiger partial charge in [0.25, 0.3) is 0 Å². The molecule has 4 nitrogen and oxygen atoms in total. The fourth-order valence-electron chi connectivity index (χ4n) is 3.44. The maximum atomic E-state index is 7.57. The smallest absolute Gasteiger partial charge is 0.145 e. The Balaban J connectivity index is 0.000000321. The van der Waals surface area contributed by atoms with Gasteiger partial charge in [-0.2, -0.15) is 0 Å². The van der Waals surface area contributed by atoms with Crippen LogP contribution < -0.4 is 5.73 Å². The van der Waals surface area contributed by atoms with E-state index in [1.807, 2.05) is 33.8 Å². The van der Waals surface area contributed by atoms with Crippen LogP contribution in [0.3, 0.4) is 0 Å². The fraction of sp³-hybridized carbons (Fsp3) is 0.407. The Bertz CT molecular complexity index is 970. The third-order valence-corrected chi connectivity index (χ3v) is 5.49. The lowest BCUT2D eigenvalue weighted by molar-refractivity contribution is 0.318. The average Bonchev–Trinajstić information content (AvgIpc) is 3.30. The number of anilines is 1. The number of aromatic nitrogens is 2. The molecule has 4 rings (SSSR count).